The van der Waals surface area contributed by atoms with Crippen LogP contribution in [-0.4, -0.2) is 85.7 Å². The van der Waals surface area contributed by atoms with Crippen molar-refractivity contribution in [1.29, 1.82) is 0 Å². The van der Waals surface area contributed by atoms with E-state index in [1.807, 2.05) is 0 Å². The second kappa shape index (κ2) is 30.5. The summed E-state index contributed by atoms with van der Waals surface area (Å²) in [6.07, 6.45) is 0. The van der Waals surface area contributed by atoms with E-state index in [1.165, 1.54) is 13.0 Å². The second-order valence-corrected chi connectivity index (χ2v) is 19.4. The number of azo groups is 2. The van der Waals surface area contributed by atoms with Crippen molar-refractivity contribution >= 4 is 110 Å². The van der Waals surface area contributed by atoms with Gasteiger partial charge in [0.25, 0.3) is 0 Å². The number of phenolic OH excluding ortho intramolecular Hbond substituents is 1. The number of carbonyl (C=O) groups excluding carboxylic acids is 1. The van der Waals surface area contributed by atoms with Gasteiger partial charge in [0, 0.05) is 11.6 Å². The Kier molecular flexibility index (Phi) is 31.6. The van der Waals surface area contributed by atoms with Gasteiger partial charge in [-0.3, -0.25) is 18.4 Å². The maximum absolute atomic E-state index is 13.0. The van der Waals surface area contributed by atoms with Crippen molar-refractivity contribution in [2.24, 2.45) is 20.5 Å². The zero-order valence-corrected chi connectivity index (χ0v) is 50.6. The molecule has 0 aliphatic rings. The zero-order valence-electron chi connectivity index (χ0n) is 35.7. The van der Waals surface area contributed by atoms with Gasteiger partial charge in [-0.15, -0.1) is 24.8 Å². The van der Waals surface area contributed by atoms with Crippen LogP contribution in [0.2, 0.25) is 0 Å². The van der Waals surface area contributed by atoms with Crippen molar-refractivity contribution in [3.63, 3.8) is 0 Å². The van der Waals surface area contributed by atoms with E-state index in [1.54, 1.807) is 0 Å². The summed E-state index contributed by atoms with van der Waals surface area (Å²) in [6, 6.07) is 5.94. The Morgan fingerprint density at radius 1 is 0.761 bits per heavy atom. The Morgan fingerprint density at radius 2 is 1.36 bits per heavy atom. The summed E-state index contributed by atoms with van der Waals surface area (Å²) in [7, 11) is -18.3. The molecule has 4 aromatic carbocycles. The Balaban J connectivity index is 0. The number of rotatable bonds is 22. The smallest absolute Gasteiger partial charge is 0.744 e. The van der Waals surface area contributed by atoms with Crippen molar-refractivity contribution < 1.29 is 248 Å². The molecule has 0 heterocycles. The largest absolute Gasteiger partial charge is 1.00 e. The quantitative estimate of drug-likeness (QED) is 0.00849. The van der Waals surface area contributed by atoms with Crippen LogP contribution in [0, 0.1) is 6.92 Å². The minimum atomic E-state index is -5.59. The summed E-state index contributed by atoms with van der Waals surface area (Å²) >= 11 is 0.202. The van der Waals surface area contributed by atoms with Gasteiger partial charge in [0.1, 0.15) is 32.9 Å². The fraction of sp³-hybridized carbons (Fsp3) is 0.207. The number of hydrogen-bond donors (Lipinski definition) is 2. The van der Waals surface area contributed by atoms with Gasteiger partial charge in [0.15, 0.2) is 37.7 Å². The van der Waals surface area contributed by atoms with Crippen LogP contribution in [0.1, 0.15) is 15.9 Å². The van der Waals surface area contributed by atoms with Crippen LogP contribution in [0.15, 0.2) is 82.5 Å². The van der Waals surface area contributed by atoms with Gasteiger partial charge in [-0.05, 0) is 54.3 Å². The van der Waals surface area contributed by atoms with Crippen molar-refractivity contribution in [3.05, 3.63) is 53.6 Å². The molecule has 0 amide bonds. The monoisotopic (exact) mass is 1100 g/mol. The molecule has 0 saturated carbocycles. The first kappa shape index (κ1) is 69.4. The van der Waals surface area contributed by atoms with E-state index >= 15 is 0 Å². The van der Waals surface area contributed by atoms with Gasteiger partial charge in [-0.25, -0.2) is 33.7 Å². The van der Waals surface area contributed by atoms with E-state index in [2.05, 4.69) is 43.4 Å². The number of aromatic hydroxyl groups is 1. The van der Waals surface area contributed by atoms with Crippen molar-refractivity contribution in [2.75, 3.05) is 37.6 Å². The number of aromatic carboxylic acids is 1. The van der Waals surface area contributed by atoms with Gasteiger partial charge < -0.3 is 45.1 Å². The third-order valence-corrected chi connectivity index (χ3v) is 13.5. The average molecular weight is 1100 g/mol. The summed E-state index contributed by atoms with van der Waals surface area (Å²) in [5.41, 5.74) is 2.07. The molecule has 4 rings (SSSR count). The molecule has 0 bridgehead atoms. The van der Waals surface area contributed by atoms with E-state index in [-0.39, 0.29) is 204 Å². The van der Waals surface area contributed by atoms with Gasteiger partial charge in [0.05, 0.1) is 86.2 Å². The number of methoxy groups -OCH3 is 1. The number of aryl methyl sites for hydroxylation is 1. The molecule has 27 nitrogen and oxygen atoms in total. The number of phenols is 1. The first-order valence-electron chi connectivity index (χ1n) is 15.8. The number of sulfone groups is 2. The number of carboxylic acid groups (broad SMARTS) is 1. The van der Waals surface area contributed by atoms with E-state index in [0.29, 0.717) is 18.2 Å². The maximum atomic E-state index is 13.0. The molecular weight excluding hydrogens is 1080 g/mol. The van der Waals surface area contributed by atoms with Crippen LogP contribution in [0.4, 0.5) is 28.4 Å². The fourth-order valence-electron chi connectivity index (χ4n) is 5.10. The molecule has 0 aliphatic heterocycles. The molecular formula is C29H24N5Na5O22S6. The maximum Gasteiger partial charge on any atom is 1.00 e. The average Bonchev–Trinajstić information content (AvgIpc) is 3.17. The summed E-state index contributed by atoms with van der Waals surface area (Å²) in [5, 5.41) is 64.8. The van der Waals surface area contributed by atoms with Crippen molar-refractivity contribution in [2.45, 2.75) is 26.5 Å². The zero-order chi connectivity index (χ0) is 46.2. The van der Waals surface area contributed by atoms with Crippen LogP contribution in [0.25, 0.3) is 10.8 Å². The summed E-state index contributed by atoms with van der Waals surface area (Å²) in [6.45, 7) is -0.192. The van der Waals surface area contributed by atoms with Gasteiger partial charge in [-0.1, -0.05) is 0 Å². The Hall–Kier alpha value is 0.310. The van der Waals surface area contributed by atoms with Gasteiger partial charge in [0.2, 0.25) is 10.4 Å². The third-order valence-electron chi connectivity index (χ3n) is 7.73. The minimum absolute atomic E-state index is 0. The molecule has 3 N–H and O–H groups in total. The Morgan fingerprint density at radius 3 is 1.93 bits per heavy atom. The number of nitrogens with two attached hydrogens (primary N) is 1. The second-order valence-electron chi connectivity index (χ2n) is 11.5. The molecule has 4 aromatic rings. The van der Waals surface area contributed by atoms with E-state index in [9.17, 15) is 68.3 Å². The molecule has 67 heavy (non-hydrogen) atoms. The normalized spacial score (nSPS) is 11.9. The summed E-state index contributed by atoms with van der Waals surface area (Å²) in [5.74, 6) is -4.81. The number of nitrogens with zero attached hydrogens (tertiary/aromatic N) is 4. The molecule has 338 valence electrons. The molecule has 0 fully saturated rings. The first-order chi connectivity index (χ1) is 28.9. The Bertz CT molecular complexity index is 2900. The van der Waals surface area contributed by atoms with Crippen LogP contribution < -0.4 is 174 Å². The number of ether oxygens (including phenoxy) is 1. The standard InChI is InChI=1S/C29H29N5O22S6.5Na/c1-14-9-19(20(50-2)13-22(14)60(42,43)7-5-51-58-56-54-39)32-33-26-21(57-55-53-38)10-15-11-23(61(44,45)46)27(25(30)24(15)28(26)35)34-31-18-12-16(3-4-17(18)29(36)37)59(40,41)8-6-52-62(47,48)49;;;;;/h3-4,9-13,35,38-39H,5-8,30H2,1-2H3,(H,36,37)(H,44,45,46)(H,47,48,49);;;;;/q;5*+1/p-5. The molecule has 0 aromatic heterocycles. The molecule has 0 radical (unpaired) electrons. The SMILES string of the molecule is COc1cc(S(=O)(=O)CCOSOO[O-])c(C)cc1N=Nc1c(SOO[O-])cc2cc(S(=O)(=O)[O-])c(N=Nc3cc(S(=O)(=O)CCOS(=O)(=O)[O-])ccc3C(=O)[O-])c(N)c2c1O.[Na+].[Na+].[Na+].[Na+].[Na+]. The van der Waals surface area contributed by atoms with Crippen LogP contribution in [0.5, 0.6) is 11.5 Å². The molecule has 0 aliphatic carbocycles. The van der Waals surface area contributed by atoms with Gasteiger partial charge >= 0.3 is 148 Å². The topological polar surface area (TPSA) is 429 Å². The molecule has 0 atom stereocenters. The van der Waals surface area contributed by atoms with E-state index < -0.39 is 120 Å². The minimum Gasteiger partial charge on any atom is -0.744 e. The number of benzene rings is 4. The van der Waals surface area contributed by atoms with Crippen LogP contribution >= 0.6 is 24.4 Å². The third kappa shape index (κ3) is 19.3. The molecule has 0 spiro atoms. The first-order valence-corrected chi connectivity index (χ1v) is 23.3. The molecule has 38 heteroatoms. The van der Waals surface area contributed by atoms with Crippen LogP contribution in [0.3, 0.4) is 0 Å². The number of anilines is 1. The van der Waals surface area contributed by atoms with Gasteiger partial charge in [-0.2, -0.15) is 4.33 Å². The Labute approximate surface area is 500 Å². The van der Waals surface area contributed by atoms with Crippen molar-refractivity contribution in [3.8, 4) is 11.5 Å². The number of nitrogen functional groups attached to an aromatic ring is 1. The molecule has 0 unspecified atom stereocenters. The van der Waals surface area contributed by atoms with E-state index in [4.69, 9.17) is 14.7 Å². The summed E-state index contributed by atoms with van der Waals surface area (Å²) < 4.78 is 143. The van der Waals surface area contributed by atoms with Crippen molar-refractivity contribution in [1.82, 2.24) is 0 Å². The van der Waals surface area contributed by atoms with Crippen LogP contribution in [-0.2, 0) is 67.3 Å². The fourth-order valence-corrected chi connectivity index (χ4v) is 9.42. The molecule has 0 saturated heterocycles. The predicted octanol–water partition coefficient (Wildman–Crippen LogP) is -14.4. The summed E-state index contributed by atoms with van der Waals surface area (Å²) in [4.78, 5) is 9.35. The predicted molar refractivity (Wildman–Crippen MR) is 198 cm³/mol. The van der Waals surface area contributed by atoms with E-state index in [0.717, 1.165) is 25.3 Å². The number of hydrogen-bond acceptors (Lipinski definition) is 29. The number of carbonyl (C=O) groups is 1. The number of fused-ring (bicyclic) bond motifs is 1. The number of carboxylic acids is 1.